The van der Waals surface area contributed by atoms with Gasteiger partial charge in [-0.25, -0.2) is 0 Å². The Hall–Kier alpha value is 0.270. The van der Waals surface area contributed by atoms with Gasteiger partial charge in [-0.2, -0.15) is 11.8 Å². The lowest BCUT2D eigenvalue weighted by Crippen LogP contribution is -2.28. The van der Waals surface area contributed by atoms with Crippen LogP contribution in [0, 0.1) is 5.41 Å². The summed E-state index contributed by atoms with van der Waals surface area (Å²) < 4.78 is 0. The molecule has 1 aliphatic carbocycles. The van der Waals surface area contributed by atoms with Gasteiger partial charge in [0.05, 0.1) is 0 Å². The quantitative estimate of drug-likeness (QED) is 0.583. The fourth-order valence-electron chi connectivity index (χ4n) is 1.10. The standard InChI is InChI=1S/C8H17NOS/c1-11-5-4-9-6-8(7-10)2-3-8/h9-10H,2-7H2,1H3. The van der Waals surface area contributed by atoms with E-state index >= 15 is 0 Å². The second-order valence-corrected chi connectivity index (χ2v) is 4.31. The van der Waals surface area contributed by atoms with E-state index in [1.54, 1.807) is 0 Å². The monoisotopic (exact) mass is 175 g/mol. The number of aliphatic hydroxyl groups is 1. The van der Waals surface area contributed by atoms with Crippen molar-refractivity contribution in [2.45, 2.75) is 12.8 Å². The number of hydrogen-bond acceptors (Lipinski definition) is 3. The average Bonchev–Trinajstić information content (AvgIpc) is 2.80. The molecule has 3 heteroatoms. The summed E-state index contributed by atoms with van der Waals surface area (Å²) in [4.78, 5) is 0. The molecule has 0 heterocycles. The zero-order valence-corrected chi connectivity index (χ0v) is 7.91. The van der Waals surface area contributed by atoms with E-state index in [1.807, 2.05) is 11.8 Å². The van der Waals surface area contributed by atoms with E-state index in [0.717, 1.165) is 13.1 Å². The fraction of sp³-hybridized carbons (Fsp3) is 1.00. The van der Waals surface area contributed by atoms with Crippen molar-refractivity contribution in [1.29, 1.82) is 0 Å². The first kappa shape index (κ1) is 9.36. The molecule has 1 saturated carbocycles. The van der Waals surface area contributed by atoms with Gasteiger partial charge in [0.2, 0.25) is 0 Å². The molecule has 0 aromatic heterocycles. The minimum Gasteiger partial charge on any atom is -0.396 e. The van der Waals surface area contributed by atoms with Crippen molar-refractivity contribution in [3.05, 3.63) is 0 Å². The molecule has 2 N–H and O–H groups in total. The minimum absolute atomic E-state index is 0.276. The molecule has 0 aromatic carbocycles. The maximum absolute atomic E-state index is 8.97. The van der Waals surface area contributed by atoms with Crippen LogP contribution in [0.25, 0.3) is 0 Å². The minimum atomic E-state index is 0.276. The lowest BCUT2D eigenvalue weighted by molar-refractivity contribution is 0.208. The van der Waals surface area contributed by atoms with Gasteiger partial charge in [0, 0.05) is 30.9 Å². The topological polar surface area (TPSA) is 32.3 Å². The number of thioether (sulfide) groups is 1. The molecule has 0 unspecified atom stereocenters. The number of hydrogen-bond donors (Lipinski definition) is 2. The first-order valence-corrected chi connectivity index (χ1v) is 5.53. The van der Waals surface area contributed by atoms with E-state index in [9.17, 15) is 0 Å². The molecule has 2 nitrogen and oxygen atoms in total. The van der Waals surface area contributed by atoms with E-state index in [1.165, 1.54) is 18.6 Å². The molecule has 66 valence electrons. The SMILES string of the molecule is CSCCNCC1(CO)CC1. The third-order valence-corrected chi connectivity index (χ3v) is 2.89. The number of aliphatic hydroxyl groups excluding tert-OH is 1. The molecule has 1 aliphatic rings. The molecular weight excluding hydrogens is 158 g/mol. The summed E-state index contributed by atoms with van der Waals surface area (Å²) in [5, 5.41) is 12.3. The zero-order valence-electron chi connectivity index (χ0n) is 7.10. The third-order valence-electron chi connectivity index (χ3n) is 2.28. The van der Waals surface area contributed by atoms with Crippen molar-refractivity contribution in [2.75, 3.05) is 31.7 Å². The van der Waals surface area contributed by atoms with Gasteiger partial charge >= 0.3 is 0 Å². The van der Waals surface area contributed by atoms with Crippen molar-refractivity contribution in [2.24, 2.45) is 5.41 Å². The van der Waals surface area contributed by atoms with E-state index in [-0.39, 0.29) is 5.41 Å². The van der Waals surface area contributed by atoms with E-state index in [2.05, 4.69) is 11.6 Å². The Morgan fingerprint density at radius 1 is 1.55 bits per heavy atom. The highest BCUT2D eigenvalue weighted by molar-refractivity contribution is 7.98. The van der Waals surface area contributed by atoms with E-state index in [0.29, 0.717) is 6.61 Å². The Balaban J connectivity index is 1.94. The molecule has 0 aliphatic heterocycles. The normalized spacial score (nSPS) is 20.2. The molecule has 0 amide bonds. The van der Waals surface area contributed by atoms with E-state index < -0.39 is 0 Å². The molecular formula is C8H17NOS. The highest BCUT2D eigenvalue weighted by atomic mass is 32.2. The van der Waals surface area contributed by atoms with Gasteiger partial charge in [0.15, 0.2) is 0 Å². The number of rotatable bonds is 6. The van der Waals surface area contributed by atoms with Crippen LogP contribution in [0.4, 0.5) is 0 Å². The van der Waals surface area contributed by atoms with Crippen LogP contribution in [-0.2, 0) is 0 Å². The summed E-state index contributed by atoms with van der Waals surface area (Å²) in [6.45, 7) is 2.44. The molecule has 0 aromatic rings. The summed E-state index contributed by atoms with van der Waals surface area (Å²) in [5.41, 5.74) is 0.276. The van der Waals surface area contributed by atoms with E-state index in [4.69, 9.17) is 5.11 Å². The molecule has 0 saturated heterocycles. The van der Waals surface area contributed by atoms with Crippen LogP contribution < -0.4 is 5.32 Å². The largest absolute Gasteiger partial charge is 0.396 e. The first-order valence-electron chi connectivity index (χ1n) is 4.13. The predicted molar refractivity (Wildman–Crippen MR) is 50.0 cm³/mol. The van der Waals surface area contributed by atoms with Gasteiger partial charge in [0.1, 0.15) is 0 Å². The lowest BCUT2D eigenvalue weighted by Gasteiger charge is -2.11. The zero-order chi connectivity index (χ0) is 8.16. The molecule has 0 atom stereocenters. The van der Waals surface area contributed by atoms with Crippen molar-refractivity contribution in [1.82, 2.24) is 5.32 Å². The summed E-state index contributed by atoms with van der Waals surface area (Å²) in [7, 11) is 0. The smallest absolute Gasteiger partial charge is 0.0499 e. The lowest BCUT2D eigenvalue weighted by atomic mass is 10.1. The van der Waals surface area contributed by atoms with Gasteiger partial charge in [-0.05, 0) is 19.1 Å². The molecule has 0 bridgehead atoms. The summed E-state index contributed by atoms with van der Waals surface area (Å²) in [6, 6.07) is 0. The summed E-state index contributed by atoms with van der Waals surface area (Å²) in [6.07, 6.45) is 4.52. The Kier molecular flexibility index (Phi) is 3.69. The van der Waals surface area contributed by atoms with Crippen LogP contribution in [0.15, 0.2) is 0 Å². The van der Waals surface area contributed by atoms with Gasteiger partial charge in [-0.15, -0.1) is 0 Å². The first-order chi connectivity index (χ1) is 5.33. The average molecular weight is 175 g/mol. The third kappa shape index (κ3) is 3.01. The summed E-state index contributed by atoms with van der Waals surface area (Å²) >= 11 is 1.86. The van der Waals surface area contributed by atoms with Gasteiger partial charge < -0.3 is 10.4 Å². The van der Waals surface area contributed by atoms with Crippen LogP contribution in [0.1, 0.15) is 12.8 Å². The molecule has 0 radical (unpaired) electrons. The maximum Gasteiger partial charge on any atom is 0.0499 e. The van der Waals surface area contributed by atoms with Crippen molar-refractivity contribution in [3.8, 4) is 0 Å². The van der Waals surface area contributed by atoms with Crippen molar-refractivity contribution in [3.63, 3.8) is 0 Å². The molecule has 11 heavy (non-hydrogen) atoms. The predicted octanol–water partition coefficient (Wildman–Crippen LogP) is 0.711. The van der Waals surface area contributed by atoms with Crippen LogP contribution in [0.2, 0.25) is 0 Å². The Labute approximate surface area is 72.8 Å². The van der Waals surface area contributed by atoms with Gasteiger partial charge in [0.25, 0.3) is 0 Å². The number of nitrogens with one attached hydrogen (secondary N) is 1. The van der Waals surface area contributed by atoms with Gasteiger partial charge in [-0.1, -0.05) is 0 Å². The van der Waals surface area contributed by atoms with Crippen LogP contribution in [-0.4, -0.2) is 36.8 Å². The molecule has 1 fully saturated rings. The molecule has 0 spiro atoms. The fourth-order valence-corrected chi connectivity index (χ4v) is 1.44. The second-order valence-electron chi connectivity index (χ2n) is 3.33. The van der Waals surface area contributed by atoms with Gasteiger partial charge in [-0.3, -0.25) is 0 Å². The Bertz CT molecular complexity index is 115. The van der Waals surface area contributed by atoms with Crippen molar-refractivity contribution >= 4 is 11.8 Å². The highest BCUT2D eigenvalue weighted by Crippen LogP contribution is 2.44. The Morgan fingerprint density at radius 2 is 2.27 bits per heavy atom. The van der Waals surface area contributed by atoms with Crippen molar-refractivity contribution < 1.29 is 5.11 Å². The summed E-state index contributed by atoms with van der Waals surface area (Å²) in [5.74, 6) is 1.17. The molecule has 1 rings (SSSR count). The van der Waals surface area contributed by atoms with Crippen LogP contribution in [0.3, 0.4) is 0 Å². The maximum atomic E-state index is 8.97. The Morgan fingerprint density at radius 3 is 2.73 bits per heavy atom. The highest BCUT2D eigenvalue weighted by Gasteiger charge is 2.41. The van der Waals surface area contributed by atoms with Crippen LogP contribution in [0.5, 0.6) is 0 Å². The van der Waals surface area contributed by atoms with Crippen LogP contribution >= 0.6 is 11.8 Å². The second kappa shape index (κ2) is 4.33.